The molecular weight excluding hydrogens is 440 g/mol. The molecular formula is C21H15BrN2OS2. The molecule has 0 unspecified atom stereocenters. The average Bonchev–Trinajstić information content (AvgIpc) is 3.38. The molecule has 0 amide bonds. The lowest BCUT2D eigenvalue weighted by Gasteiger charge is -2.07. The third-order valence-electron chi connectivity index (χ3n) is 3.98. The minimum atomic E-state index is 0.126. The first-order valence-corrected chi connectivity index (χ1v) is 11.0. The Hall–Kier alpha value is -2.15. The Morgan fingerprint density at radius 3 is 2.52 bits per heavy atom. The topological polar surface area (TPSA) is 34.9 Å². The van der Waals surface area contributed by atoms with Gasteiger partial charge in [0.15, 0.2) is 10.9 Å². The van der Waals surface area contributed by atoms with E-state index in [1.807, 2.05) is 82.9 Å². The molecule has 0 aliphatic rings. The molecule has 0 saturated carbocycles. The summed E-state index contributed by atoms with van der Waals surface area (Å²) in [7, 11) is 0. The zero-order chi connectivity index (χ0) is 18.6. The first kappa shape index (κ1) is 18.2. The molecule has 0 fully saturated rings. The van der Waals surface area contributed by atoms with Gasteiger partial charge in [-0.1, -0.05) is 64.1 Å². The Labute approximate surface area is 174 Å². The van der Waals surface area contributed by atoms with Gasteiger partial charge in [-0.2, -0.15) is 0 Å². The first-order valence-electron chi connectivity index (χ1n) is 8.31. The number of imidazole rings is 1. The van der Waals surface area contributed by atoms with Crippen LogP contribution in [0, 0.1) is 0 Å². The maximum atomic E-state index is 12.4. The first-order chi connectivity index (χ1) is 13.2. The molecule has 0 radical (unpaired) electrons. The molecule has 134 valence electrons. The molecule has 2 aromatic carbocycles. The Morgan fingerprint density at radius 1 is 1.04 bits per heavy atom. The number of benzene rings is 2. The molecule has 6 heteroatoms. The molecule has 2 aromatic heterocycles. The van der Waals surface area contributed by atoms with E-state index in [0.717, 1.165) is 31.5 Å². The molecule has 4 rings (SSSR count). The van der Waals surface area contributed by atoms with E-state index in [1.54, 1.807) is 0 Å². The van der Waals surface area contributed by atoms with Crippen LogP contribution in [0.1, 0.15) is 9.67 Å². The summed E-state index contributed by atoms with van der Waals surface area (Å²) in [4.78, 5) is 18.0. The molecule has 0 aliphatic heterocycles. The summed E-state index contributed by atoms with van der Waals surface area (Å²) >= 11 is 6.42. The zero-order valence-electron chi connectivity index (χ0n) is 14.2. The van der Waals surface area contributed by atoms with Crippen molar-refractivity contribution in [3.05, 3.63) is 87.7 Å². The lowest BCUT2D eigenvalue weighted by atomic mass is 10.2. The number of hydrogen-bond acceptors (Lipinski definition) is 4. The van der Waals surface area contributed by atoms with Crippen molar-refractivity contribution in [2.45, 2.75) is 5.16 Å². The van der Waals surface area contributed by atoms with Crippen molar-refractivity contribution in [2.75, 3.05) is 5.75 Å². The van der Waals surface area contributed by atoms with Crippen LogP contribution in [0.25, 0.3) is 16.9 Å². The second kappa shape index (κ2) is 8.25. The predicted octanol–water partition coefficient (Wildman–Crippen LogP) is 6.34. The van der Waals surface area contributed by atoms with Gasteiger partial charge in [-0.05, 0) is 35.7 Å². The molecule has 0 spiro atoms. The Morgan fingerprint density at radius 2 is 1.81 bits per heavy atom. The SMILES string of the molecule is O=C(CSc1nc(-c2ccccc2)cn1-c1ccc(Br)cc1)c1cccs1. The summed E-state index contributed by atoms with van der Waals surface area (Å²) in [6.45, 7) is 0. The number of aromatic nitrogens is 2. The normalized spacial score (nSPS) is 10.9. The van der Waals surface area contributed by atoms with Gasteiger partial charge in [0.25, 0.3) is 0 Å². The lowest BCUT2D eigenvalue weighted by Crippen LogP contribution is -2.02. The smallest absolute Gasteiger partial charge is 0.183 e. The second-order valence-electron chi connectivity index (χ2n) is 5.81. The number of thioether (sulfide) groups is 1. The van der Waals surface area contributed by atoms with E-state index in [0.29, 0.717) is 5.75 Å². The van der Waals surface area contributed by atoms with Crippen molar-refractivity contribution in [3.8, 4) is 16.9 Å². The maximum Gasteiger partial charge on any atom is 0.183 e. The van der Waals surface area contributed by atoms with Crippen LogP contribution in [-0.4, -0.2) is 21.1 Å². The highest BCUT2D eigenvalue weighted by Crippen LogP contribution is 2.28. The van der Waals surface area contributed by atoms with Gasteiger partial charge >= 0.3 is 0 Å². The number of halogens is 1. The van der Waals surface area contributed by atoms with E-state index in [-0.39, 0.29) is 5.78 Å². The Balaban J connectivity index is 1.66. The van der Waals surface area contributed by atoms with E-state index in [9.17, 15) is 4.79 Å². The van der Waals surface area contributed by atoms with Crippen molar-refractivity contribution in [1.82, 2.24) is 9.55 Å². The third kappa shape index (κ3) is 4.24. The van der Waals surface area contributed by atoms with Crippen LogP contribution in [0.2, 0.25) is 0 Å². The fourth-order valence-electron chi connectivity index (χ4n) is 2.64. The van der Waals surface area contributed by atoms with Crippen molar-refractivity contribution in [1.29, 1.82) is 0 Å². The van der Waals surface area contributed by atoms with E-state index < -0.39 is 0 Å². The number of ketones is 1. The van der Waals surface area contributed by atoms with Crippen LogP contribution in [0.15, 0.2) is 87.9 Å². The largest absolute Gasteiger partial charge is 0.294 e. The van der Waals surface area contributed by atoms with Gasteiger partial charge in [-0.3, -0.25) is 9.36 Å². The molecule has 0 aliphatic carbocycles. The summed E-state index contributed by atoms with van der Waals surface area (Å²) < 4.78 is 3.07. The summed E-state index contributed by atoms with van der Waals surface area (Å²) in [5.41, 5.74) is 2.96. The molecule has 0 saturated heterocycles. The Kier molecular flexibility index (Phi) is 5.57. The van der Waals surface area contributed by atoms with Crippen molar-refractivity contribution in [3.63, 3.8) is 0 Å². The van der Waals surface area contributed by atoms with E-state index >= 15 is 0 Å². The van der Waals surface area contributed by atoms with Crippen LogP contribution < -0.4 is 0 Å². The van der Waals surface area contributed by atoms with E-state index in [2.05, 4.69) is 15.9 Å². The van der Waals surface area contributed by atoms with E-state index in [4.69, 9.17) is 4.98 Å². The molecule has 27 heavy (non-hydrogen) atoms. The van der Waals surface area contributed by atoms with E-state index in [1.165, 1.54) is 23.1 Å². The number of nitrogens with zero attached hydrogens (tertiary/aromatic N) is 2. The van der Waals surface area contributed by atoms with Crippen molar-refractivity contribution >= 4 is 44.8 Å². The van der Waals surface area contributed by atoms with Crippen molar-refractivity contribution in [2.24, 2.45) is 0 Å². The highest BCUT2D eigenvalue weighted by Gasteiger charge is 2.15. The van der Waals surface area contributed by atoms with Gasteiger partial charge in [-0.25, -0.2) is 4.98 Å². The Bertz CT molecular complexity index is 1040. The van der Waals surface area contributed by atoms with Crippen LogP contribution in [0.5, 0.6) is 0 Å². The number of thiophene rings is 1. The van der Waals surface area contributed by atoms with Crippen LogP contribution in [0.4, 0.5) is 0 Å². The molecule has 0 atom stereocenters. The van der Waals surface area contributed by atoms with Crippen LogP contribution in [-0.2, 0) is 0 Å². The van der Waals surface area contributed by atoms with Crippen LogP contribution in [0.3, 0.4) is 0 Å². The minimum absolute atomic E-state index is 0.126. The zero-order valence-corrected chi connectivity index (χ0v) is 17.4. The number of rotatable bonds is 6. The van der Waals surface area contributed by atoms with Gasteiger partial charge in [0, 0.05) is 21.9 Å². The van der Waals surface area contributed by atoms with Gasteiger partial charge < -0.3 is 0 Å². The average molecular weight is 455 g/mol. The summed E-state index contributed by atoms with van der Waals surface area (Å²) in [6.07, 6.45) is 2.02. The third-order valence-corrected chi connectivity index (χ3v) is 6.37. The number of carbonyl (C=O) groups excluding carboxylic acids is 1. The quantitative estimate of drug-likeness (QED) is 0.251. The van der Waals surface area contributed by atoms with Gasteiger partial charge in [-0.15, -0.1) is 11.3 Å². The van der Waals surface area contributed by atoms with Crippen LogP contribution >= 0.6 is 39.0 Å². The van der Waals surface area contributed by atoms with Gasteiger partial charge in [0.1, 0.15) is 0 Å². The van der Waals surface area contributed by atoms with Gasteiger partial charge in [0.05, 0.1) is 16.3 Å². The fraction of sp³-hybridized carbons (Fsp3) is 0.0476. The molecule has 4 aromatic rings. The highest BCUT2D eigenvalue weighted by molar-refractivity contribution is 9.10. The number of carbonyl (C=O) groups is 1. The summed E-state index contributed by atoms with van der Waals surface area (Å²) in [6, 6.07) is 21.9. The standard InChI is InChI=1S/C21H15BrN2OS2/c22-16-8-10-17(11-9-16)24-13-18(15-5-2-1-3-6-15)23-21(24)27-14-19(25)20-7-4-12-26-20/h1-13H,14H2. The molecule has 0 bridgehead atoms. The molecule has 3 nitrogen and oxygen atoms in total. The summed E-state index contributed by atoms with van der Waals surface area (Å²) in [5.74, 6) is 0.490. The number of Topliss-reactive ketones (excluding diaryl/α,β-unsaturated/α-hetero) is 1. The molecule has 2 heterocycles. The summed E-state index contributed by atoms with van der Waals surface area (Å²) in [5, 5.41) is 2.73. The monoisotopic (exact) mass is 454 g/mol. The molecule has 0 N–H and O–H groups in total. The second-order valence-corrected chi connectivity index (χ2v) is 8.62. The lowest BCUT2D eigenvalue weighted by molar-refractivity contribution is 0.102. The highest BCUT2D eigenvalue weighted by atomic mass is 79.9. The predicted molar refractivity (Wildman–Crippen MR) is 116 cm³/mol. The maximum absolute atomic E-state index is 12.4. The fourth-order valence-corrected chi connectivity index (χ4v) is 4.53. The van der Waals surface area contributed by atoms with Gasteiger partial charge in [0.2, 0.25) is 0 Å². The number of hydrogen-bond donors (Lipinski definition) is 0. The minimum Gasteiger partial charge on any atom is -0.294 e. The van der Waals surface area contributed by atoms with Crippen molar-refractivity contribution < 1.29 is 4.79 Å².